The molecule has 2 heteroatoms. The van der Waals surface area contributed by atoms with Crippen molar-refractivity contribution in [2.75, 3.05) is 6.61 Å². The maximum atomic E-state index is 9.54. The summed E-state index contributed by atoms with van der Waals surface area (Å²) < 4.78 is 0. The van der Waals surface area contributed by atoms with Crippen LogP contribution in [0.25, 0.3) is 0 Å². The molecule has 0 aliphatic heterocycles. The average Bonchev–Trinajstić information content (AvgIpc) is 2.22. The predicted molar refractivity (Wildman–Crippen MR) is 81.2 cm³/mol. The van der Waals surface area contributed by atoms with Crippen molar-refractivity contribution in [3.8, 4) is 0 Å². The smallest absolute Gasteiger partial charge is 0.0616 e. The van der Waals surface area contributed by atoms with Crippen LogP contribution in [0.1, 0.15) is 48.0 Å². The van der Waals surface area contributed by atoms with E-state index >= 15 is 0 Å². The Kier molecular flexibility index (Phi) is 7.34. The minimum absolute atomic E-state index is 0.312. The van der Waals surface area contributed by atoms with Crippen molar-refractivity contribution < 1.29 is 5.11 Å². The summed E-state index contributed by atoms with van der Waals surface area (Å²) in [6, 6.07) is 1.24. The van der Waals surface area contributed by atoms with Crippen LogP contribution in [0, 0.1) is 5.92 Å². The van der Waals surface area contributed by atoms with Gasteiger partial charge in [0.1, 0.15) is 0 Å². The second-order valence-electron chi connectivity index (χ2n) is 6.35. The molecule has 0 spiro atoms. The van der Waals surface area contributed by atoms with Crippen LogP contribution < -0.4 is 0 Å². The Bertz CT molecular complexity index is 199. The van der Waals surface area contributed by atoms with E-state index in [1.165, 1.54) is 6.04 Å². The van der Waals surface area contributed by atoms with Crippen molar-refractivity contribution in [1.29, 1.82) is 0 Å². The van der Waals surface area contributed by atoms with Crippen LogP contribution in [0.5, 0.6) is 0 Å². The average molecular weight is 257 g/mol. The molecule has 0 aromatic rings. The number of hydrogen-bond acceptors (Lipinski definition) is 1. The highest BCUT2D eigenvalue weighted by Gasteiger charge is 2.43. The van der Waals surface area contributed by atoms with Gasteiger partial charge in [0, 0.05) is 6.61 Å². The zero-order valence-electron chi connectivity index (χ0n) is 12.7. The summed E-state index contributed by atoms with van der Waals surface area (Å²) in [5.41, 5.74) is 2.34. The number of aliphatic hydroxyl groups is 1. The molecule has 0 aromatic carbocycles. The van der Waals surface area contributed by atoms with Gasteiger partial charge in [0.15, 0.2) is 0 Å². The number of hydrogen-bond donors (Lipinski definition) is 1. The maximum Gasteiger partial charge on any atom is 0.0616 e. The fraction of sp³-hybridized carbons (Fsp3) is 0.867. The first kappa shape index (κ1) is 16.9. The summed E-state index contributed by atoms with van der Waals surface area (Å²) in [5.74, 6) is 0.423. The molecule has 1 atom stereocenters. The van der Waals surface area contributed by atoms with E-state index in [0.29, 0.717) is 12.5 Å². The minimum Gasteiger partial charge on any atom is -0.396 e. The minimum atomic E-state index is -1.36. The molecule has 0 radical (unpaired) electrons. The summed E-state index contributed by atoms with van der Waals surface area (Å²) >= 11 is 0. The van der Waals surface area contributed by atoms with Crippen molar-refractivity contribution in [1.82, 2.24) is 0 Å². The van der Waals surface area contributed by atoms with E-state index in [1.54, 1.807) is 0 Å². The number of allylic oxidation sites excluding steroid dienone is 1. The van der Waals surface area contributed by atoms with Crippen LogP contribution >= 0.6 is 0 Å². The van der Waals surface area contributed by atoms with E-state index in [9.17, 15) is 5.11 Å². The van der Waals surface area contributed by atoms with Gasteiger partial charge in [0.25, 0.3) is 0 Å². The monoisotopic (exact) mass is 256 g/mol. The Hall–Kier alpha value is -0.0831. The number of aliphatic hydroxyl groups excluding tert-OH is 1. The molecule has 0 aliphatic rings. The Morgan fingerprint density at radius 1 is 1.00 bits per heavy atom. The first-order chi connectivity index (χ1) is 7.82. The molecule has 0 heterocycles. The van der Waals surface area contributed by atoms with Gasteiger partial charge in [-0.05, 0) is 12.3 Å². The van der Waals surface area contributed by atoms with Crippen molar-refractivity contribution in [2.24, 2.45) is 5.92 Å². The van der Waals surface area contributed by atoms with E-state index in [0.717, 1.165) is 23.0 Å². The largest absolute Gasteiger partial charge is 0.396 e. The number of rotatable bonds is 8. The van der Waals surface area contributed by atoms with Crippen LogP contribution in [-0.4, -0.2) is 19.8 Å². The molecule has 0 amide bonds. The van der Waals surface area contributed by atoms with Crippen LogP contribution in [0.15, 0.2) is 12.7 Å². The maximum absolute atomic E-state index is 9.54. The lowest BCUT2D eigenvalue weighted by atomic mass is 10.1. The molecular formula is C15H32OSi. The summed E-state index contributed by atoms with van der Waals surface area (Å²) in [7, 11) is -1.36. The van der Waals surface area contributed by atoms with Crippen molar-refractivity contribution in [3.63, 3.8) is 0 Å². The molecule has 0 bridgehead atoms. The second kappa shape index (κ2) is 7.37. The quantitative estimate of drug-likeness (QED) is 0.486. The van der Waals surface area contributed by atoms with E-state index in [-0.39, 0.29) is 0 Å². The Balaban J connectivity index is 5.09. The topological polar surface area (TPSA) is 20.2 Å². The van der Waals surface area contributed by atoms with Gasteiger partial charge in [0.05, 0.1) is 8.07 Å². The van der Waals surface area contributed by atoms with Gasteiger partial charge in [-0.15, -0.1) is 6.58 Å². The van der Waals surface area contributed by atoms with E-state index < -0.39 is 8.07 Å². The third-order valence-electron chi connectivity index (χ3n) is 4.63. The molecule has 17 heavy (non-hydrogen) atoms. The standard InChI is InChI=1S/C15H32OSi/c1-8-9-15(10-16)11-17(12(2)3,13(4)5)14(6)7/h8,12-16H,1,9-11H2,2-7H3. The lowest BCUT2D eigenvalue weighted by Gasteiger charge is -2.45. The molecule has 102 valence electrons. The molecule has 0 aliphatic carbocycles. The van der Waals surface area contributed by atoms with Crippen LogP contribution in [0.2, 0.25) is 22.7 Å². The lowest BCUT2D eigenvalue weighted by Crippen LogP contribution is -2.46. The van der Waals surface area contributed by atoms with Crippen LogP contribution in [0.3, 0.4) is 0 Å². The second-order valence-corrected chi connectivity index (χ2v) is 12.5. The summed E-state index contributed by atoms with van der Waals surface area (Å²) in [6.07, 6.45) is 2.92. The zero-order valence-corrected chi connectivity index (χ0v) is 13.7. The van der Waals surface area contributed by atoms with Gasteiger partial charge in [-0.1, -0.05) is 70.3 Å². The molecule has 0 rings (SSSR count). The molecule has 0 saturated carbocycles. The summed E-state index contributed by atoms with van der Waals surface area (Å²) in [5, 5.41) is 9.54. The molecule has 0 fully saturated rings. The molecule has 0 aromatic heterocycles. The van der Waals surface area contributed by atoms with Gasteiger partial charge in [0.2, 0.25) is 0 Å². The highest BCUT2D eigenvalue weighted by Crippen LogP contribution is 2.46. The van der Waals surface area contributed by atoms with Gasteiger partial charge in [-0.3, -0.25) is 0 Å². The predicted octanol–water partition coefficient (Wildman–Crippen LogP) is 4.85. The fourth-order valence-electron chi connectivity index (χ4n) is 3.67. The van der Waals surface area contributed by atoms with Crippen molar-refractivity contribution >= 4 is 8.07 Å². The lowest BCUT2D eigenvalue weighted by molar-refractivity contribution is 0.236. The van der Waals surface area contributed by atoms with Crippen LogP contribution in [0.4, 0.5) is 0 Å². The first-order valence-electron chi connectivity index (χ1n) is 7.04. The highest BCUT2D eigenvalue weighted by molar-refractivity contribution is 6.83. The Labute approximate surface area is 109 Å². The summed E-state index contributed by atoms with van der Waals surface area (Å²) in [6.45, 7) is 18.4. The van der Waals surface area contributed by atoms with Crippen molar-refractivity contribution in [2.45, 2.75) is 70.6 Å². The molecule has 1 nitrogen and oxygen atoms in total. The van der Waals surface area contributed by atoms with Gasteiger partial charge in [-0.2, -0.15) is 0 Å². The molecular weight excluding hydrogens is 224 g/mol. The van der Waals surface area contributed by atoms with Crippen LogP contribution in [-0.2, 0) is 0 Å². The molecule has 0 saturated heterocycles. The molecule has 1 N–H and O–H groups in total. The normalized spacial score (nSPS) is 14.7. The van der Waals surface area contributed by atoms with E-state index in [4.69, 9.17) is 0 Å². The van der Waals surface area contributed by atoms with E-state index in [2.05, 4.69) is 48.1 Å². The highest BCUT2D eigenvalue weighted by atomic mass is 28.3. The van der Waals surface area contributed by atoms with Crippen molar-refractivity contribution in [3.05, 3.63) is 12.7 Å². The SMILES string of the molecule is C=CCC(CO)C[Si](C(C)C)(C(C)C)C(C)C. The summed E-state index contributed by atoms with van der Waals surface area (Å²) in [4.78, 5) is 0. The third kappa shape index (κ3) is 3.96. The van der Waals surface area contributed by atoms with Gasteiger partial charge < -0.3 is 5.11 Å². The molecule has 1 unspecified atom stereocenters. The van der Waals surface area contributed by atoms with Gasteiger partial charge >= 0.3 is 0 Å². The fourth-order valence-corrected chi connectivity index (χ4v) is 10.4. The van der Waals surface area contributed by atoms with E-state index in [1.807, 2.05) is 6.08 Å². The van der Waals surface area contributed by atoms with Gasteiger partial charge in [-0.25, -0.2) is 0 Å². The first-order valence-corrected chi connectivity index (χ1v) is 9.48. The Morgan fingerprint density at radius 2 is 1.41 bits per heavy atom. The zero-order chi connectivity index (χ0) is 13.6. The Morgan fingerprint density at radius 3 is 1.65 bits per heavy atom. The third-order valence-corrected chi connectivity index (χ3v) is 12.4.